The number of rotatable bonds is 6. The number of carbonyl (C=O) groups is 2. The van der Waals surface area contributed by atoms with Crippen LogP contribution in [0.15, 0.2) is 30.3 Å². The summed E-state index contributed by atoms with van der Waals surface area (Å²) in [5.41, 5.74) is 3.80. The number of H-pyrrole nitrogens is 1. The molecule has 0 aliphatic carbocycles. The van der Waals surface area contributed by atoms with Crippen LogP contribution in [0.5, 0.6) is 0 Å². The van der Waals surface area contributed by atoms with Crippen molar-refractivity contribution in [2.75, 3.05) is 33.3 Å². The van der Waals surface area contributed by atoms with Crippen molar-refractivity contribution in [3.8, 4) is 0 Å². The van der Waals surface area contributed by atoms with Crippen molar-refractivity contribution in [2.45, 2.75) is 33.4 Å². The first kappa shape index (κ1) is 20.3. The molecule has 1 fully saturated rings. The largest absolute Gasteiger partial charge is 0.464 e. The molecular weight excluding hydrogens is 354 g/mol. The van der Waals surface area contributed by atoms with E-state index in [0.717, 1.165) is 38.4 Å². The van der Waals surface area contributed by atoms with E-state index in [4.69, 9.17) is 4.74 Å². The van der Waals surface area contributed by atoms with E-state index in [1.54, 1.807) is 4.90 Å². The molecule has 1 aliphatic heterocycles. The summed E-state index contributed by atoms with van der Waals surface area (Å²) in [6, 6.07) is 10.4. The number of aryl methyl sites for hydroxylation is 1. The molecule has 1 atom stereocenters. The van der Waals surface area contributed by atoms with Gasteiger partial charge in [0.15, 0.2) is 0 Å². The summed E-state index contributed by atoms with van der Waals surface area (Å²) in [5, 5.41) is 0. The van der Waals surface area contributed by atoms with Crippen LogP contribution >= 0.6 is 0 Å². The van der Waals surface area contributed by atoms with Gasteiger partial charge < -0.3 is 19.5 Å². The molecule has 0 bridgehead atoms. The van der Waals surface area contributed by atoms with Crippen LogP contribution in [-0.2, 0) is 11.3 Å². The molecule has 0 unspecified atom stereocenters. The number of benzene rings is 1. The van der Waals surface area contributed by atoms with E-state index >= 15 is 0 Å². The van der Waals surface area contributed by atoms with Crippen molar-refractivity contribution in [3.63, 3.8) is 0 Å². The van der Waals surface area contributed by atoms with Crippen molar-refractivity contribution in [3.05, 3.63) is 58.4 Å². The minimum absolute atomic E-state index is 0.0999. The smallest absolute Gasteiger partial charge is 0.354 e. The maximum absolute atomic E-state index is 13.2. The van der Waals surface area contributed by atoms with E-state index < -0.39 is 5.97 Å². The molecule has 0 saturated carbocycles. The van der Waals surface area contributed by atoms with Gasteiger partial charge in [0.1, 0.15) is 44.5 Å². The number of ether oxygens (including phenoxy) is 1. The lowest BCUT2D eigenvalue weighted by atomic mass is 9.99. The Morgan fingerprint density at radius 2 is 1.75 bits per heavy atom. The van der Waals surface area contributed by atoms with E-state index in [2.05, 4.69) is 29.2 Å². The Balaban J connectivity index is 1.64. The molecule has 6 nitrogen and oxygen atoms in total. The predicted octanol–water partition coefficient (Wildman–Crippen LogP) is -0.0271. The number of Topliss-reactive ketones (excluding diaryl/α,β-unsaturated/α-hetero) is 1. The fourth-order valence-corrected chi connectivity index (χ4v) is 4.25. The Kier molecular flexibility index (Phi) is 6.31. The minimum atomic E-state index is -0.433. The molecule has 3 rings (SSSR count). The van der Waals surface area contributed by atoms with Gasteiger partial charge in [-0.15, -0.1) is 0 Å². The molecule has 28 heavy (non-hydrogen) atoms. The van der Waals surface area contributed by atoms with E-state index in [0.29, 0.717) is 16.8 Å². The van der Waals surface area contributed by atoms with Gasteiger partial charge in [0.2, 0.25) is 5.78 Å². The molecule has 6 heteroatoms. The second kappa shape index (κ2) is 8.71. The lowest BCUT2D eigenvalue weighted by Gasteiger charge is -2.32. The Morgan fingerprint density at radius 1 is 1.11 bits per heavy atom. The van der Waals surface area contributed by atoms with E-state index in [9.17, 15) is 9.59 Å². The average molecular weight is 386 g/mol. The van der Waals surface area contributed by atoms with Crippen LogP contribution < -0.4 is 9.80 Å². The standard InChI is InChI=1S/C22H29N3O3/c1-15-19(16(2)23-20(15)22(27)28-4)21(26)17(3)25-12-10-24(11-13-25)14-18-8-6-5-7-9-18/h5-9,17,23H,10-14H2,1-4H3/p+2/t17-/m1/s1. The predicted molar refractivity (Wildman–Crippen MR) is 107 cm³/mol. The molecule has 3 N–H and O–H groups in total. The third-order valence-corrected chi connectivity index (χ3v) is 5.98. The molecule has 1 aromatic carbocycles. The quantitative estimate of drug-likeness (QED) is 0.483. The van der Waals surface area contributed by atoms with Gasteiger partial charge in [0.25, 0.3) is 0 Å². The van der Waals surface area contributed by atoms with Crippen molar-refractivity contribution in [1.29, 1.82) is 0 Å². The number of nitrogens with one attached hydrogen (secondary N) is 3. The number of hydrogen-bond acceptors (Lipinski definition) is 3. The van der Waals surface area contributed by atoms with Crippen LogP contribution in [0.3, 0.4) is 0 Å². The van der Waals surface area contributed by atoms with Crippen molar-refractivity contribution < 1.29 is 24.1 Å². The summed E-state index contributed by atoms with van der Waals surface area (Å²) in [6.07, 6.45) is 0. The number of piperazine rings is 1. The van der Waals surface area contributed by atoms with E-state index in [-0.39, 0.29) is 11.8 Å². The molecule has 1 aromatic heterocycles. The first-order chi connectivity index (χ1) is 13.4. The van der Waals surface area contributed by atoms with Gasteiger partial charge in [-0.25, -0.2) is 4.79 Å². The first-order valence-corrected chi connectivity index (χ1v) is 9.96. The Labute approximate surface area is 166 Å². The Morgan fingerprint density at radius 3 is 2.36 bits per heavy atom. The van der Waals surface area contributed by atoms with Gasteiger partial charge in [0.05, 0.1) is 7.11 Å². The number of quaternary nitrogens is 2. The van der Waals surface area contributed by atoms with Crippen molar-refractivity contribution >= 4 is 11.8 Å². The maximum Gasteiger partial charge on any atom is 0.354 e. The molecule has 0 spiro atoms. The number of carbonyl (C=O) groups excluding carboxylic acids is 2. The highest BCUT2D eigenvalue weighted by Crippen LogP contribution is 2.20. The zero-order valence-corrected chi connectivity index (χ0v) is 17.2. The zero-order chi connectivity index (χ0) is 20.3. The van der Waals surface area contributed by atoms with Crippen LogP contribution in [0, 0.1) is 13.8 Å². The van der Waals surface area contributed by atoms with Gasteiger partial charge in [-0.2, -0.15) is 0 Å². The number of ketones is 1. The number of aromatic amines is 1. The monoisotopic (exact) mass is 385 g/mol. The fraction of sp³-hybridized carbons (Fsp3) is 0.455. The molecule has 0 radical (unpaired) electrons. The topological polar surface area (TPSA) is 68.0 Å². The van der Waals surface area contributed by atoms with Gasteiger partial charge in [-0.05, 0) is 26.3 Å². The second-order valence-electron chi connectivity index (χ2n) is 7.77. The summed E-state index contributed by atoms with van der Waals surface area (Å²) in [5.74, 6) is -0.333. The lowest BCUT2D eigenvalue weighted by molar-refractivity contribution is -1.02. The molecule has 0 amide bonds. The SMILES string of the molecule is COC(=O)c1[nH]c(C)c(C(=O)[C@@H](C)[NH+]2CC[NH+](Cc3ccccc3)CC2)c1C. The van der Waals surface area contributed by atoms with Gasteiger partial charge >= 0.3 is 5.97 Å². The molecule has 1 saturated heterocycles. The van der Waals surface area contributed by atoms with Crippen molar-refractivity contribution in [1.82, 2.24) is 4.98 Å². The highest BCUT2D eigenvalue weighted by Gasteiger charge is 2.34. The average Bonchev–Trinajstić information content (AvgIpc) is 3.01. The third kappa shape index (κ3) is 4.18. The van der Waals surface area contributed by atoms with Crippen LogP contribution in [0.2, 0.25) is 0 Å². The van der Waals surface area contributed by atoms with Gasteiger partial charge in [-0.3, -0.25) is 4.79 Å². The molecule has 1 aliphatic rings. The second-order valence-corrected chi connectivity index (χ2v) is 7.77. The molecular formula is C22H31N3O3+2. The zero-order valence-electron chi connectivity index (χ0n) is 17.2. The van der Waals surface area contributed by atoms with Crippen LogP contribution in [0.25, 0.3) is 0 Å². The van der Waals surface area contributed by atoms with Crippen LogP contribution in [0.1, 0.15) is 44.6 Å². The number of methoxy groups -OCH3 is 1. The fourth-order valence-electron chi connectivity index (χ4n) is 4.25. The summed E-state index contributed by atoms with van der Waals surface area (Å²) in [6.45, 7) is 10.8. The highest BCUT2D eigenvalue weighted by atomic mass is 16.5. The Hall–Kier alpha value is -2.44. The number of hydrogen-bond donors (Lipinski definition) is 3. The van der Waals surface area contributed by atoms with Gasteiger partial charge in [-0.1, -0.05) is 30.3 Å². The maximum atomic E-state index is 13.2. The molecule has 2 aromatic rings. The minimum Gasteiger partial charge on any atom is -0.464 e. The summed E-state index contributed by atoms with van der Waals surface area (Å²) >= 11 is 0. The van der Waals surface area contributed by atoms with Crippen LogP contribution in [-0.4, -0.2) is 56.1 Å². The van der Waals surface area contributed by atoms with Crippen LogP contribution in [0.4, 0.5) is 0 Å². The van der Waals surface area contributed by atoms with Crippen molar-refractivity contribution in [2.24, 2.45) is 0 Å². The number of esters is 1. The normalized spacial score (nSPS) is 20.6. The lowest BCUT2D eigenvalue weighted by Crippen LogP contribution is -3.29. The Bertz CT molecular complexity index is 836. The summed E-state index contributed by atoms with van der Waals surface area (Å²) in [4.78, 5) is 31.0. The summed E-state index contributed by atoms with van der Waals surface area (Å²) in [7, 11) is 1.35. The molecule has 150 valence electrons. The van der Waals surface area contributed by atoms with Gasteiger partial charge in [0, 0.05) is 16.8 Å². The number of aromatic nitrogens is 1. The van der Waals surface area contributed by atoms with E-state index in [1.165, 1.54) is 17.6 Å². The highest BCUT2D eigenvalue weighted by molar-refractivity contribution is 6.04. The third-order valence-electron chi connectivity index (χ3n) is 5.98. The first-order valence-electron chi connectivity index (χ1n) is 9.96. The molecule has 2 heterocycles. The summed E-state index contributed by atoms with van der Waals surface area (Å²) < 4.78 is 4.81. The van der Waals surface area contributed by atoms with E-state index in [1.807, 2.05) is 26.8 Å².